The zero-order chi connectivity index (χ0) is 22.6. The van der Waals surface area contributed by atoms with Crippen LogP contribution in [0.15, 0.2) is 66.0 Å². The summed E-state index contributed by atoms with van der Waals surface area (Å²) in [5, 5.41) is 13.2. The monoisotopic (exact) mass is 463 g/mol. The molecule has 3 heterocycles. The van der Waals surface area contributed by atoms with E-state index in [0.717, 1.165) is 35.9 Å². The molecule has 1 atom stereocenters. The number of nitrogens with zero attached hydrogens (tertiary/aromatic N) is 4. The van der Waals surface area contributed by atoms with E-state index in [0.29, 0.717) is 23.2 Å². The molecular formula is C24H22FN5O2S. The Hall–Kier alpha value is -3.30. The van der Waals surface area contributed by atoms with Crippen molar-refractivity contribution in [1.82, 2.24) is 19.7 Å². The first-order chi connectivity index (χ1) is 16.2. The van der Waals surface area contributed by atoms with E-state index in [1.54, 1.807) is 18.3 Å². The molecule has 2 aromatic heterocycles. The molecule has 0 saturated carbocycles. The molecule has 1 saturated heterocycles. The van der Waals surface area contributed by atoms with Crippen LogP contribution in [0, 0.1) is 5.82 Å². The number of nitrogens with one attached hydrogen (secondary N) is 1. The predicted octanol–water partition coefficient (Wildman–Crippen LogP) is 4.54. The summed E-state index contributed by atoms with van der Waals surface area (Å²) in [7, 11) is 0. The van der Waals surface area contributed by atoms with Gasteiger partial charge in [-0.2, -0.15) is 0 Å². The smallest absolute Gasteiger partial charge is 0.234 e. The van der Waals surface area contributed by atoms with Crippen LogP contribution in [0.4, 0.5) is 10.1 Å². The second-order valence-corrected chi connectivity index (χ2v) is 8.72. The van der Waals surface area contributed by atoms with E-state index in [2.05, 4.69) is 20.5 Å². The average Bonchev–Trinajstić information content (AvgIpc) is 3.49. The number of benzene rings is 2. The second-order valence-electron chi connectivity index (χ2n) is 7.78. The second kappa shape index (κ2) is 9.68. The number of carbonyl (C=O) groups is 1. The molecule has 1 amide bonds. The molecule has 0 spiro atoms. The fourth-order valence-corrected chi connectivity index (χ4v) is 4.63. The summed E-state index contributed by atoms with van der Waals surface area (Å²) in [5.74, 6) is 0.328. The summed E-state index contributed by atoms with van der Waals surface area (Å²) < 4.78 is 21.2. The minimum Gasteiger partial charge on any atom is -0.376 e. The maximum Gasteiger partial charge on any atom is 0.234 e. The molecule has 9 heteroatoms. The van der Waals surface area contributed by atoms with E-state index < -0.39 is 0 Å². The van der Waals surface area contributed by atoms with E-state index >= 15 is 0 Å². The normalized spacial score (nSPS) is 15.7. The molecule has 0 radical (unpaired) electrons. The molecular weight excluding hydrogens is 441 g/mol. The number of thioether (sulfide) groups is 1. The van der Waals surface area contributed by atoms with Crippen LogP contribution >= 0.6 is 11.8 Å². The lowest BCUT2D eigenvalue weighted by Gasteiger charge is -2.15. The number of pyridine rings is 1. The molecule has 168 valence electrons. The van der Waals surface area contributed by atoms with Gasteiger partial charge >= 0.3 is 0 Å². The van der Waals surface area contributed by atoms with E-state index in [1.807, 2.05) is 34.9 Å². The fraction of sp³-hybridized carbons (Fsp3) is 0.250. The lowest BCUT2D eigenvalue weighted by Crippen LogP contribution is -2.18. The highest BCUT2D eigenvalue weighted by Gasteiger charge is 2.22. The number of para-hydroxylation sites is 1. The zero-order valence-corrected chi connectivity index (χ0v) is 18.6. The molecule has 1 aliphatic rings. The minimum absolute atomic E-state index is 0.0649. The first kappa shape index (κ1) is 21.5. The molecule has 0 unspecified atom stereocenters. The van der Waals surface area contributed by atoms with Crippen LogP contribution in [-0.2, 0) is 16.1 Å². The number of amides is 1. The summed E-state index contributed by atoms with van der Waals surface area (Å²) in [6.45, 7) is 1.32. The summed E-state index contributed by atoms with van der Waals surface area (Å²) in [5.41, 5.74) is 2.19. The van der Waals surface area contributed by atoms with Crippen molar-refractivity contribution in [3.8, 4) is 11.4 Å². The quantitative estimate of drug-likeness (QED) is 0.405. The number of halogens is 1. The number of fused-ring (bicyclic) bond motifs is 1. The third-order valence-electron chi connectivity index (χ3n) is 5.47. The van der Waals surface area contributed by atoms with Crippen molar-refractivity contribution in [1.29, 1.82) is 0 Å². The highest BCUT2D eigenvalue weighted by atomic mass is 32.2. The number of hydrogen-bond acceptors (Lipinski definition) is 6. The highest BCUT2D eigenvalue weighted by molar-refractivity contribution is 7.99. The van der Waals surface area contributed by atoms with Gasteiger partial charge in [0.1, 0.15) is 5.82 Å². The third kappa shape index (κ3) is 4.89. The fourth-order valence-electron chi connectivity index (χ4n) is 3.89. The largest absolute Gasteiger partial charge is 0.376 e. The number of rotatable bonds is 7. The molecule has 2 aromatic carbocycles. The zero-order valence-electron chi connectivity index (χ0n) is 17.8. The van der Waals surface area contributed by atoms with E-state index in [-0.39, 0.29) is 23.6 Å². The van der Waals surface area contributed by atoms with E-state index in [1.165, 1.54) is 23.9 Å². The number of aromatic nitrogens is 4. The Morgan fingerprint density at radius 3 is 2.82 bits per heavy atom. The molecule has 1 N–H and O–H groups in total. The van der Waals surface area contributed by atoms with Gasteiger partial charge in [0.05, 0.1) is 29.6 Å². The average molecular weight is 464 g/mol. The van der Waals surface area contributed by atoms with Crippen LogP contribution in [0.25, 0.3) is 22.3 Å². The van der Waals surface area contributed by atoms with Crippen molar-refractivity contribution < 1.29 is 13.9 Å². The van der Waals surface area contributed by atoms with Gasteiger partial charge in [-0.1, -0.05) is 30.0 Å². The third-order valence-corrected chi connectivity index (χ3v) is 6.44. The van der Waals surface area contributed by atoms with Gasteiger partial charge in [0.15, 0.2) is 11.0 Å². The minimum atomic E-state index is -0.307. The number of hydrogen-bond donors (Lipinski definition) is 1. The standard InChI is InChI=1S/C24H22FN5O2S/c25-18-10-8-17(9-11-18)23-28-29-24(30(23)14-19-6-3-13-32-19)33-15-21(31)27-20-7-1-4-16-5-2-12-26-22(16)20/h1-2,4-5,7-12,19H,3,6,13-15H2,(H,27,31)/t19-/m1/s1. The van der Waals surface area contributed by atoms with Gasteiger partial charge in [-0.05, 0) is 49.2 Å². The molecule has 0 aliphatic carbocycles. The van der Waals surface area contributed by atoms with Crippen LogP contribution < -0.4 is 5.32 Å². The van der Waals surface area contributed by atoms with Gasteiger partial charge in [0.2, 0.25) is 5.91 Å². The van der Waals surface area contributed by atoms with Crippen molar-refractivity contribution in [2.75, 3.05) is 17.7 Å². The number of anilines is 1. The maximum absolute atomic E-state index is 13.4. The molecule has 1 fully saturated rings. The van der Waals surface area contributed by atoms with Crippen molar-refractivity contribution in [2.45, 2.75) is 30.6 Å². The molecule has 1 aliphatic heterocycles. The SMILES string of the molecule is O=C(CSc1nnc(-c2ccc(F)cc2)n1C[C@H]1CCCO1)Nc1cccc2cccnc12. The van der Waals surface area contributed by atoms with Crippen LogP contribution in [0.5, 0.6) is 0 Å². The summed E-state index contributed by atoms with van der Waals surface area (Å²) in [4.78, 5) is 17.1. The van der Waals surface area contributed by atoms with Crippen LogP contribution in [0.2, 0.25) is 0 Å². The lowest BCUT2D eigenvalue weighted by atomic mass is 10.2. The first-order valence-corrected chi connectivity index (χ1v) is 11.7. The van der Waals surface area contributed by atoms with E-state index in [9.17, 15) is 9.18 Å². The van der Waals surface area contributed by atoms with Crippen molar-refractivity contribution >= 4 is 34.3 Å². The molecule has 7 nitrogen and oxygen atoms in total. The van der Waals surface area contributed by atoms with Crippen LogP contribution in [0.3, 0.4) is 0 Å². The lowest BCUT2D eigenvalue weighted by molar-refractivity contribution is -0.113. The topological polar surface area (TPSA) is 81.9 Å². The molecule has 5 rings (SSSR count). The number of carbonyl (C=O) groups excluding carboxylic acids is 1. The molecule has 4 aromatic rings. The Labute approximate surface area is 194 Å². The Balaban J connectivity index is 1.34. The highest BCUT2D eigenvalue weighted by Crippen LogP contribution is 2.27. The van der Waals surface area contributed by atoms with Gasteiger partial charge in [-0.3, -0.25) is 14.3 Å². The van der Waals surface area contributed by atoms with Gasteiger partial charge in [0.25, 0.3) is 0 Å². The van der Waals surface area contributed by atoms with Crippen molar-refractivity contribution in [3.05, 3.63) is 66.6 Å². The van der Waals surface area contributed by atoms with Gasteiger partial charge in [0, 0.05) is 23.8 Å². The van der Waals surface area contributed by atoms with Crippen LogP contribution in [0.1, 0.15) is 12.8 Å². The van der Waals surface area contributed by atoms with Crippen LogP contribution in [-0.4, -0.2) is 44.1 Å². The number of ether oxygens (including phenoxy) is 1. The summed E-state index contributed by atoms with van der Waals surface area (Å²) in [6.07, 6.45) is 3.75. The van der Waals surface area contributed by atoms with E-state index in [4.69, 9.17) is 4.74 Å². The summed E-state index contributed by atoms with van der Waals surface area (Å²) in [6, 6.07) is 15.7. The Bertz CT molecular complexity index is 1270. The van der Waals surface area contributed by atoms with Crippen molar-refractivity contribution in [2.24, 2.45) is 0 Å². The Kier molecular flexibility index (Phi) is 6.32. The van der Waals surface area contributed by atoms with Gasteiger partial charge < -0.3 is 10.1 Å². The predicted molar refractivity (Wildman–Crippen MR) is 125 cm³/mol. The molecule has 0 bridgehead atoms. The van der Waals surface area contributed by atoms with Gasteiger partial charge in [-0.25, -0.2) is 4.39 Å². The first-order valence-electron chi connectivity index (χ1n) is 10.7. The van der Waals surface area contributed by atoms with Crippen molar-refractivity contribution in [3.63, 3.8) is 0 Å². The Morgan fingerprint density at radius 2 is 2.00 bits per heavy atom. The molecule has 33 heavy (non-hydrogen) atoms. The summed E-state index contributed by atoms with van der Waals surface area (Å²) >= 11 is 1.31. The van der Waals surface area contributed by atoms with Gasteiger partial charge in [-0.15, -0.1) is 10.2 Å². The maximum atomic E-state index is 13.4. The Morgan fingerprint density at radius 1 is 1.15 bits per heavy atom.